The Hall–Kier alpha value is -1.88. The third-order valence-electron chi connectivity index (χ3n) is 4.18. The number of rotatable bonds is 2. The standard InChI is InChI=1S/C14H17N5/c15-10-5-6-19(8-10)14-16-13(17-18-14)12-7-9-3-1-2-4-11(9)12/h1-4,10,12H,5-8,15H2,(H,16,17,18). The second-order valence-electron chi connectivity index (χ2n) is 5.47. The van der Waals surface area contributed by atoms with Crippen molar-refractivity contribution < 1.29 is 0 Å². The lowest BCUT2D eigenvalue weighted by atomic mass is 9.77. The molecule has 1 fully saturated rings. The minimum atomic E-state index is 0.256. The molecule has 1 saturated heterocycles. The van der Waals surface area contributed by atoms with Gasteiger partial charge in [-0.05, 0) is 24.0 Å². The zero-order chi connectivity index (χ0) is 12.8. The van der Waals surface area contributed by atoms with Crippen LogP contribution in [0.25, 0.3) is 0 Å². The van der Waals surface area contributed by atoms with Crippen LogP contribution in [0.3, 0.4) is 0 Å². The molecule has 0 bridgehead atoms. The Bertz CT molecular complexity index is 605. The smallest absolute Gasteiger partial charge is 0.244 e. The summed E-state index contributed by atoms with van der Waals surface area (Å²) in [6.07, 6.45) is 2.08. The average Bonchev–Trinajstić information content (AvgIpc) is 3.00. The van der Waals surface area contributed by atoms with Crippen molar-refractivity contribution in [2.75, 3.05) is 18.0 Å². The molecular formula is C14H17N5. The highest BCUT2D eigenvalue weighted by molar-refractivity contribution is 5.45. The molecule has 2 aromatic rings. The highest BCUT2D eigenvalue weighted by Gasteiger charge is 2.31. The molecule has 1 aliphatic carbocycles. The fourth-order valence-corrected chi connectivity index (χ4v) is 3.03. The largest absolute Gasteiger partial charge is 0.338 e. The summed E-state index contributed by atoms with van der Waals surface area (Å²) in [5.41, 5.74) is 8.72. The van der Waals surface area contributed by atoms with Crippen LogP contribution in [0.15, 0.2) is 24.3 Å². The lowest BCUT2D eigenvalue weighted by Gasteiger charge is -2.27. The first kappa shape index (κ1) is 11.0. The second kappa shape index (κ2) is 4.06. The number of fused-ring (bicyclic) bond motifs is 1. The van der Waals surface area contributed by atoms with Gasteiger partial charge in [-0.15, -0.1) is 5.10 Å². The Morgan fingerprint density at radius 3 is 3.00 bits per heavy atom. The molecule has 2 aliphatic rings. The van der Waals surface area contributed by atoms with Crippen LogP contribution in [0, 0.1) is 0 Å². The number of hydrogen-bond acceptors (Lipinski definition) is 4. The van der Waals surface area contributed by atoms with Crippen molar-refractivity contribution in [3.8, 4) is 0 Å². The van der Waals surface area contributed by atoms with Gasteiger partial charge >= 0.3 is 0 Å². The van der Waals surface area contributed by atoms with Crippen LogP contribution in [-0.2, 0) is 6.42 Å². The van der Waals surface area contributed by atoms with E-state index in [2.05, 4.69) is 44.3 Å². The molecule has 2 unspecified atom stereocenters. The minimum absolute atomic E-state index is 0.256. The van der Waals surface area contributed by atoms with E-state index in [9.17, 15) is 0 Å². The van der Waals surface area contributed by atoms with E-state index in [1.807, 2.05) is 0 Å². The first-order valence-corrected chi connectivity index (χ1v) is 6.82. The predicted molar refractivity (Wildman–Crippen MR) is 73.2 cm³/mol. The van der Waals surface area contributed by atoms with Gasteiger partial charge in [-0.25, -0.2) is 0 Å². The summed E-state index contributed by atoms with van der Waals surface area (Å²) in [6.45, 7) is 1.82. The summed E-state index contributed by atoms with van der Waals surface area (Å²) >= 11 is 0. The van der Waals surface area contributed by atoms with Crippen LogP contribution in [-0.4, -0.2) is 34.3 Å². The van der Waals surface area contributed by atoms with Gasteiger partial charge in [0.2, 0.25) is 5.95 Å². The second-order valence-corrected chi connectivity index (χ2v) is 5.47. The topological polar surface area (TPSA) is 70.8 Å². The van der Waals surface area contributed by atoms with Crippen LogP contribution < -0.4 is 10.6 Å². The quantitative estimate of drug-likeness (QED) is 0.841. The number of nitrogens with one attached hydrogen (secondary N) is 1. The zero-order valence-electron chi connectivity index (χ0n) is 10.7. The summed E-state index contributed by atoms with van der Waals surface area (Å²) in [5.74, 6) is 2.16. The number of H-pyrrole nitrogens is 1. The molecule has 4 rings (SSSR count). The van der Waals surface area contributed by atoms with Gasteiger partial charge < -0.3 is 10.6 Å². The number of nitrogens with zero attached hydrogens (tertiary/aromatic N) is 3. The van der Waals surface area contributed by atoms with Crippen molar-refractivity contribution in [3.05, 3.63) is 41.2 Å². The number of aromatic amines is 1. The van der Waals surface area contributed by atoms with Gasteiger partial charge in [0, 0.05) is 25.0 Å². The highest BCUT2D eigenvalue weighted by Crippen LogP contribution is 2.38. The summed E-state index contributed by atoms with van der Waals surface area (Å²) in [6, 6.07) is 8.79. The van der Waals surface area contributed by atoms with Crippen LogP contribution in [0.1, 0.15) is 29.3 Å². The summed E-state index contributed by atoms with van der Waals surface area (Å²) in [4.78, 5) is 6.81. The molecule has 0 saturated carbocycles. The molecule has 2 atom stereocenters. The van der Waals surface area contributed by atoms with Crippen LogP contribution in [0.5, 0.6) is 0 Å². The third kappa shape index (κ3) is 1.73. The zero-order valence-corrected chi connectivity index (χ0v) is 10.7. The molecule has 1 aromatic carbocycles. The average molecular weight is 255 g/mol. The molecule has 2 heterocycles. The van der Waals surface area contributed by atoms with E-state index >= 15 is 0 Å². The van der Waals surface area contributed by atoms with Crippen molar-refractivity contribution in [2.45, 2.75) is 24.8 Å². The SMILES string of the molecule is NC1CCN(c2n[nH]c(C3Cc4ccccc43)n2)C1. The predicted octanol–water partition coefficient (Wildman–Crippen LogP) is 1.03. The van der Waals surface area contributed by atoms with Crippen LogP contribution in [0.2, 0.25) is 0 Å². The van der Waals surface area contributed by atoms with Gasteiger partial charge in [-0.3, -0.25) is 5.10 Å². The summed E-state index contributed by atoms with van der Waals surface area (Å²) < 4.78 is 0. The monoisotopic (exact) mass is 255 g/mol. The van der Waals surface area contributed by atoms with Crippen molar-refractivity contribution in [1.82, 2.24) is 15.2 Å². The molecule has 19 heavy (non-hydrogen) atoms. The lowest BCUT2D eigenvalue weighted by molar-refractivity contribution is 0.663. The van der Waals surface area contributed by atoms with E-state index in [1.54, 1.807) is 0 Å². The van der Waals surface area contributed by atoms with E-state index < -0.39 is 0 Å². The molecule has 0 spiro atoms. The normalized spacial score (nSPS) is 25.2. The van der Waals surface area contributed by atoms with Crippen LogP contribution >= 0.6 is 0 Å². The van der Waals surface area contributed by atoms with E-state index in [-0.39, 0.29) is 6.04 Å². The first-order chi connectivity index (χ1) is 9.31. The highest BCUT2D eigenvalue weighted by atomic mass is 15.4. The van der Waals surface area contributed by atoms with Gasteiger partial charge in [0.25, 0.3) is 0 Å². The van der Waals surface area contributed by atoms with Gasteiger partial charge in [-0.2, -0.15) is 4.98 Å². The van der Waals surface area contributed by atoms with Crippen molar-refractivity contribution in [1.29, 1.82) is 0 Å². The number of nitrogens with two attached hydrogens (primary N) is 1. The molecule has 3 N–H and O–H groups in total. The van der Waals surface area contributed by atoms with E-state index in [4.69, 9.17) is 5.73 Å². The Balaban J connectivity index is 1.57. The fourth-order valence-electron chi connectivity index (χ4n) is 3.03. The first-order valence-electron chi connectivity index (χ1n) is 6.82. The van der Waals surface area contributed by atoms with Crippen LogP contribution in [0.4, 0.5) is 5.95 Å². The number of aromatic nitrogens is 3. The van der Waals surface area contributed by atoms with Crippen molar-refractivity contribution >= 4 is 5.95 Å². The Morgan fingerprint density at radius 2 is 2.21 bits per heavy atom. The molecule has 98 valence electrons. The molecule has 0 amide bonds. The molecule has 0 radical (unpaired) electrons. The number of hydrogen-bond donors (Lipinski definition) is 2. The number of anilines is 1. The van der Waals surface area contributed by atoms with E-state index in [1.165, 1.54) is 11.1 Å². The molecular weight excluding hydrogens is 238 g/mol. The minimum Gasteiger partial charge on any atom is -0.338 e. The fraction of sp³-hybridized carbons (Fsp3) is 0.429. The van der Waals surface area contributed by atoms with E-state index in [0.717, 1.165) is 37.7 Å². The van der Waals surface area contributed by atoms with Gasteiger partial charge in [0.1, 0.15) is 5.82 Å². The maximum atomic E-state index is 5.92. The molecule has 1 aromatic heterocycles. The lowest BCUT2D eigenvalue weighted by Crippen LogP contribution is -2.27. The number of benzene rings is 1. The Kier molecular flexibility index (Phi) is 2.35. The van der Waals surface area contributed by atoms with E-state index in [0.29, 0.717) is 5.92 Å². The van der Waals surface area contributed by atoms with Gasteiger partial charge in [-0.1, -0.05) is 24.3 Å². The maximum absolute atomic E-state index is 5.92. The van der Waals surface area contributed by atoms with Gasteiger partial charge in [0.15, 0.2) is 0 Å². The molecule has 5 heteroatoms. The Labute approximate surface area is 111 Å². The van der Waals surface area contributed by atoms with Gasteiger partial charge in [0.05, 0.1) is 0 Å². The third-order valence-corrected chi connectivity index (χ3v) is 4.18. The maximum Gasteiger partial charge on any atom is 0.244 e. The van der Waals surface area contributed by atoms with Crippen molar-refractivity contribution in [2.24, 2.45) is 5.73 Å². The van der Waals surface area contributed by atoms with Crippen molar-refractivity contribution in [3.63, 3.8) is 0 Å². The Morgan fingerprint density at radius 1 is 1.32 bits per heavy atom. The molecule has 5 nitrogen and oxygen atoms in total. The summed E-state index contributed by atoms with van der Waals surface area (Å²) in [7, 11) is 0. The summed E-state index contributed by atoms with van der Waals surface area (Å²) in [5, 5.41) is 7.44. The molecule has 1 aliphatic heterocycles.